The number of amides is 2. The van der Waals surface area contributed by atoms with Crippen molar-refractivity contribution in [3.05, 3.63) is 18.0 Å². The summed E-state index contributed by atoms with van der Waals surface area (Å²) in [6.07, 6.45) is 9.11. The predicted octanol–water partition coefficient (Wildman–Crippen LogP) is 3.13. The molecule has 2 heterocycles. The van der Waals surface area contributed by atoms with Gasteiger partial charge in [0.15, 0.2) is 0 Å². The fourth-order valence-electron chi connectivity index (χ4n) is 3.91. The van der Waals surface area contributed by atoms with E-state index in [4.69, 9.17) is 0 Å². The summed E-state index contributed by atoms with van der Waals surface area (Å²) in [5, 5.41) is 10.2. The fraction of sp³-hybridized carbons (Fsp3) is 0.765. The smallest absolute Gasteiger partial charge is 0.317 e. The van der Waals surface area contributed by atoms with E-state index in [-0.39, 0.29) is 6.03 Å². The van der Waals surface area contributed by atoms with Gasteiger partial charge in [-0.1, -0.05) is 26.2 Å². The predicted molar refractivity (Wildman–Crippen MR) is 86.7 cm³/mol. The normalized spacial score (nSPS) is 26.9. The molecule has 2 unspecified atom stereocenters. The maximum absolute atomic E-state index is 12.3. The molecule has 5 nitrogen and oxygen atoms in total. The standard InChI is InChI=1S/C17H28N4O/c1-13-4-2-3-5-15(13)12-18-17(22)21-10-7-14(8-11-21)16-6-9-19-20-16/h6,9,13-15H,2-5,7-8,10-12H2,1H3,(H,18,22)(H,19,20). The minimum absolute atomic E-state index is 0.126. The van der Waals surface area contributed by atoms with Crippen LogP contribution < -0.4 is 5.32 Å². The van der Waals surface area contributed by atoms with E-state index in [0.29, 0.717) is 11.8 Å². The molecule has 1 aromatic heterocycles. The van der Waals surface area contributed by atoms with Gasteiger partial charge in [-0.05, 0) is 37.2 Å². The number of carbonyl (C=O) groups excluding carboxylic acids is 1. The van der Waals surface area contributed by atoms with Gasteiger partial charge in [-0.15, -0.1) is 0 Å². The fourth-order valence-corrected chi connectivity index (χ4v) is 3.91. The number of urea groups is 1. The van der Waals surface area contributed by atoms with Gasteiger partial charge in [-0.25, -0.2) is 4.79 Å². The lowest BCUT2D eigenvalue weighted by molar-refractivity contribution is 0.173. The van der Waals surface area contributed by atoms with Crippen LogP contribution in [-0.2, 0) is 0 Å². The molecule has 0 radical (unpaired) electrons. The maximum Gasteiger partial charge on any atom is 0.317 e. The number of H-pyrrole nitrogens is 1. The van der Waals surface area contributed by atoms with Crippen molar-refractivity contribution in [1.29, 1.82) is 0 Å². The first-order valence-electron chi connectivity index (χ1n) is 8.76. The Balaban J connectivity index is 1.42. The number of rotatable bonds is 3. The lowest BCUT2D eigenvalue weighted by Gasteiger charge is -2.33. The van der Waals surface area contributed by atoms with Crippen molar-refractivity contribution < 1.29 is 4.79 Å². The van der Waals surface area contributed by atoms with Crippen molar-refractivity contribution in [2.75, 3.05) is 19.6 Å². The van der Waals surface area contributed by atoms with Crippen molar-refractivity contribution in [3.8, 4) is 0 Å². The third-order valence-electron chi connectivity index (χ3n) is 5.55. The Hall–Kier alpha value is -1.52. The molecule has 0 bridgehead atoms. The summed E-state index contributed by atoms with van der Waals surface area (Å²) in [6.45, 7) is 4.86. The topological polar surface area (TPSA) is 61.0 Å². The zero-order valence-electron chi connectivity index (χ0n) is 13.6. The van der Waals surface area contributed by atoms with E-state index in [0.717, 1.165) is 38.4 Å². The van der Waals surface area contributed by atoms with E-state index >= 15 is 0 Å². The summed E-state index contributed by atoms with van der Waals surface area (Å²) >= 11 is 0. The van der Waals surface area contributed by atoms with E-state index in [1.54, 1.807) is 6.20 Å². The second-order valence-corrected chi connectivity index (χ2v) is 6.98. The zero-order chi connectivity index (χ0) is 15.4. The molecule has 3 rings (SSSR count). The van der Waals surface area contributed by atoms with Crippen molar-refractivity contribution in [2.24, 2.45) is 11.8 Å². The maximum atomic E-state index is 12.3. The monoisotopic (exact) mass is 304 g/mol. The number of aromatic amines is 1. The quantitative estimate of drug-likeness (QED) is 0.901. The first-order chi connectivity index (χ1) is 10.7. The Kier molecular flexibility index (Phi) is 5.01. The minimum Gasteiger partial charge on any atom is -0.338 e. The molecule has 122 valence electrons. The molecule has 1 aliphatic heterocycles. The van der Waals surface area contributed by atoms with Crippen molar-refractivity contribution in [3.63, 3.8) is 0 Å². The van der Waals surface area contributed by atoms with Gasteiger partial charge in [-0.3, -0.25) is 5.10 Å². The summed E-state index contributed by atoms with van der Waals surface area (Å²) in [4.78, 5) is 14.3. The number of nitrogens with zero attached hydrogens (tertiary/aromatic N) is 2. The molecule has 1 aromatic rings. The molecule has 0 aromatic carbocycles. The van der Waals surface area contributed by atoms with E-state index in [1.807, 2.05) is 11.0 Å². The summed E-state index contributed by atoms with van der Waals surface area (Å²) < 4.78 is 0. The van der Waals surface area contributed by atoms with Crippen LogP contribution in [0, 0.1) is 11.8 Å². The van der Waals surface area contributed by atoms with Crippen LogP contribution in [0.15, 0.2) is 12.3 Å². The molecule has 2 atom stereocenters. The Morgan fingerprint density at radius 2 is 2.09 bits per heavy atom. The van der Waals surface area contributed by atoms with Gasteiger partial charge in [-0.2, -0.15) is 5.10 Å². The third kappa shape index (κ3) is 3.62. The second kappa shape index (κ2) is 7.16. The molecule has 1 aliphatic carbocycles. The van der Waals surface area contributed by atoms with Gasteiger partial charge >= 0.3 is 6.03 Å². The van der Waals surface area contributed by atoms with E-state index in [1.165, 1.54) is 31.4 Å². The molecule has 1 saturated heterocycles. The molecule has 2 N–H and O–H groups in total. The van der Waals surface area contributed by atoms with Crippen LogP contribution in [0.4, 0.5) is 4.79 Å². The number of likely N-dealkylation sites (tertiary alicyclic amines) is 1. The van der Waals surface area contributed by atoms with Gasteiger partial charge in [0.1, 0.15) is 0 Å². The number of nitrogens with one attached hydrogen (secondary N) is 2. The van der Waals surface area contributed by atoms with E-state index in [9.17, 15) is 4.79 Å². The van der Waals surface area contributed by atoms with Crippen molar-refractivity contribution in [2.45, 2.75) is 51.4 Å². The summed E-state index contributed by atoms with van der Waals surface area (Å²) in [7, 11) is 0. The van der Waals surface area contributed by atoms with Gasteiger partial charge in [0.25, 0.3) is 0 Å². The summed E-state index contributed by atoms with van der Waals surface area (Å²) in [5.74, 6) is 1.94. The number of aromatic nitrogens is 2. The highest BCUT2D eigenvalue weighted by Crippen LogP contribution is 2.29. The number of hydrogen-bond donors (Lipinski definition) is 2. The van der Waals surface area contributed by atoms with Crippen LogP contribution in [0.1, 0.15) is 57.1 Å². The SMILES string of the molecule is CC1CCCCC1CNC(=O)N1CCC(c2ccn[nH]2)CC1. The Labute approximate surface area is 132 Å². The Morgan fingerprint density at radius 1 is 1.32 bits per heavy atom. The van der Waals surface area contributed by atoms with Crippen LogP contribution in [-0.4, -0.2) is 40.8 Å². The molecule has 2 aliphatic rings. The highest BCUT2D eigenvalue weighted by molar-refractivity contribution is 5.74. The highest BCUT2D eigenvalue weighted by atomic mass is 16.2. The molecular weight excluding hydrogens is 276 g/mol. The Bertz CT molecular complexity index is 465. The van der Waals surface area contributed by atoms with Gasteiger partial charge < -0.3 is 10.2 Å². The summed E-state index contributed by atoms with van der Waals surface area (Å²) in [5.41, 5.74) is 1.20. The third-order valence-corrected chi connectivity index (χ3v) is 5.55. The van der Waals surface area contributed by atoms with Gasteiger partial charge in [0.2, 0.25) is 0 Å². The molecule has 1 saturated carbocycles. The van der Waals surface area contributed by atoms with Crippen LogP contribution >= 0.6 is 0 Å². The first-order valence-corrected chi connectivity index (χ1v) is 8.76. The van der Waals surface area contributed by atoms with E-state index in [2.05, 4.69) is 22.4 Å². The lowest BCUT2D eigenvalue weighted by Crippen LogP contribution is -2.46. The zero-order valence-corrected chi connectivity index (χ0v) is 13.6. The first kappa shape index (κ1) is 15.4. The van der Waals surface area contributed by atoms with Gasteiger partial charge in [0.05, 0.1) is 0 Å². The largest absolute Gasteiger partial charge is 0.338 e. The van der Waals surface area contributed by atoms with Gasteiger partial charge in [0, 0.05) is 37.4 Å². The van der Waals surface area contributed by atoms with Crippen molar-refractivity contribution in [1.82, 2.24) is 20.4 Å². The average molecular weight is 304 g/mol. The average Bonchev–Trinajstić information content (AvgIpc) is 3.08. The molecule has 0 spiro atoms. The highest BCUT2D eigenvalue weighted by Gasteiger charge is 2.26. The van der Waals surface area contributed by atoms with Crippen LogP contribution in [0.5, 0.6) is 0 Å². The van der Waals surface area contributed by atoms with Crippen LogP contribution in [0.25, 0.3) is 0 Å². The lowest BCUT2D eigenvalue weighted by atomic mass is 9.80. The molecular formula is C17H28N4O. The number of carbonyl (C=O) groups is 1. The minimum atomic E-state index is 0.126. The van der Waals surface area contributed by atoms with E-state index < -0.39 is 0 Å². The Morgan fingerprint density at radius 3 is 2.77 bits per heavy atom. The summed E-state index contributed by atoms with van der Waals surface area (Å²) in [6, 6.07) is 2.17. The molecule has 2 amide bonds. The van der Waals surface area contributed by atoms with Crippen LogP contribution in [0.2, 0.25) is 0 Å². The van der Waals surface area contributed by atoms with Crippen LogP contribution in [0.3, 0.4) is 0 Å². The second-order valence-electron chi connectivity index (χ2n) is 6.98. The van der Waals surface area contributed by atoms with Crippen molar-refractivity contribution >= 4 is 6.03 Å². The molecule has 2 fully saturated rings. The molecule has 22 heavy (non-hydrogen) atoms. The number of hydrogen-bond acceptors (Lipinski definition) is 2. The number of piperidine rings is 1. The molecule has 5 heteroatoms.